The molecule has 1 unspecified atom stereocenters. The number of aryl methyl sites for hydroxylation is 1. The fourth-order valence-corrected chi connectivity index (χ4v) is 3.19. The van der Waals surface area contributed by atoms with Gasteiger partial charge in [-0.3, -0.25) is 4.79 Å². The van der Waals surface area contributed by atoms with E-state index in [0.717, 1.165) is 25.3 Å². The average Bonchev–Trinajstić information content (AvgIpc) is 2.40. The van der Waals surface area contributed by atoms with Crippen molar-refractivity contribution in [2.24, 2.45) is 0 Å². The SMILES string of the molecule is Cc1cccc2c1N(C(C)C)C(=O)C1CNCCN21. The third-order valence-corrected chi connectivity index (χ3v) is 4.05. The maximum Gasteiger partial charge on any atom is 0.251 e. The van der Waals surface area contributed by atoms with Crippen molar-refractivity contribution in [3.63, 3.8) is 0 Å². The Kier molecular flexibility index (Phi) is 2.97. The van der Waals surface area contributed by atoms with Crippen molar-refractivity contribution in [1.29, 1.82) is 0 Å². The van der Waals surface area contributed by atoms with Crippen LogP contribution in [0.1, 0.15) is 19.4 Å². The molecule has 3 rings (SSSR count). The van der Waals surface area contributed by atoms with Gasteiger partial charge in [0, 0.05) is 25.7 Å². The van der Waals surface area contributed by atoms with Gasteiger partial charge in [-0.25, -0.2) is 0 Å². The number of fused-ring (bicyclic) bond motifs is 3. The second kappa shape index (κ2) is 4.53. The van der Waals surface area contributed by atoms with Gasteiger partial charge in [0.2, 0.25) is 0 Å². The van der Waals surface area contributed by atoms with Gasteiger partial charge in [0.05, 0.1) is 11.4 Å². The van der Waals surface area contributed by atoms with Crippen LogP contribution in [0.2, 0.25) is 0 Å². The Morgan fingerprint density at radius 1 is 1.37 bits per heavy atom. The van der Waals surface area contributed by atoms with Crippen molar-refractivity contribution in [1.82, 2.24) is 5.32 Å². The van der Waals surface area contributed by atoms with Gasteiger partial charge in [-0.15, -0.1) is 0 Å². The molecule has 102 valence electrons. The van der Waals surface area contributed by atoms with E-state index in [1.165, 1.54) is 11.3 Å². The minimum Gasteiger partial charge on any atom is -0.355 e. The summed E-state index contributed by atoms with van der Waals surface area (Å²) >= 11 is 0. The summed E-state index contributed by atoms with van der Waals surface area (Å²) in [5, 5.41) is 3.33. The van der Waals surface area contributed by atoms with Crippen LogP contribution in [0.5, 0.6) is 0 Å². The summed E-state index contributed by atoms with van der Waals surface area (Å²) in [6.45, 7) is 8.84. The predicted molar refractivity (Wildman–Crippen MR) is 77.8 cm³/mol. The molecule has 1 atom stereocenters. The topological polar surface area (TPSA) is 35.6 Å². The Morgan fingerprint density at radius 3 is 2.89 bits per heavy atom. The van der Waals surface area contributed by atoms with Gasteiger partial charge in [-0.05, 0) is 32.4 Å². The van der Waals surface area contributed by atoms with Crippen LogP contribution in [-0.2, 0) is 4.79 Å². The summed E-state index contributed by atoms with van der Waals surface area (Å²) in [5.41, 5.74) is 3.48. The second-order valence-electron chi connectivity index (χ2n) is 5.66. The number of rotatable bonds is 1. The first-order chi connectivity index (χ1) is 9.11. The van der Waals surface area contributed by atoms with Crippen LogP contribution in [0.3, 0.4) is 0 Å². The summed E-state index contributed by atoms with van der Waals surface area (Å²) in [6, 6.07) is 6.45. The van der Waals surface area contributed by atoms with Gasteiger partial charge in [0.15, 0.2) is 0 Å². The van der Waals surface area contributed by atoms with E-state index >= 15 is 0 Å². The van der Waals surface area contributed by atoms with E-state index < -0.39 is 0 Å². The van der Waals surface area contributed by atoms with E-state index in [0.29, 0.717) is 0 Å². The van der Waals surface area contributed by atoms with E-state index in [-0.39, 0.29) is 18.0 Å². The number of para-hydroxylation sites is 1. The number of amides is 1. The number of nitrogens with zero attached hydrogens (tertiary/aromatic N) is 2. The number of carbonyl (C=O) groups excluding carboxylic acids is 1. The van der Waals surface area contributed by atoms with Crippen LogP contribution in [0.15, 0.2) is 18.2 Å². The Morgan fingerprint density at radius 2 is 2.16 bits per heavy atom. The van der Waals surface area contributed by atoms with E-state index in [1.54, 1.807) is 0 Å². The third-order valence-electron chi connectivity index (χ3n) is 4.05. The van der Waals surface area contributed by atoms with Gasteiger partial charge in [-0.1, -0.05) is 12.1 Å². The smallest absolute Gasteiger partial charge is 0.251 e. The largest absolute Gasteiger partial charge is 0.355 e. The van der Waals surface area contributed by atoms with E-state index in [2.05, 4.69) is 49.2 Å². The highest BCUT2D eigenvalue weighted by Crippen LogP contribution is 2.39. The number of piperazine rings is 1. The molecule has 1 aromatic carbocycles. The number of hydrogen-bond acceptors (Lipinski definition) is 3. The van der Waals surface area contributed by atoms with Crippen LogP contribution in [0.25, 0.3) is 0 Å². The molecule has 4 heteroatoms. The zero-order valence-corrected chi connectivity index (χ0v) is 11.8. The quantitative estimate of drug-likeness (QED) is 0.831. The van der Waals surface area contributed by atoms with Crippen LogP contribution < -0.4 is 15.1 Å². The van der Waals surface area contributed by atoms with Gasteiger partial charge >= 0.3 is 0 Å². The molecule has 1 fully saturated rings. The van der Waals surface area contributed by atoms with E-state index in [9.17, 15) is 4.79 Å². The summed E-state index contributed by atoms with van der Waals surface area (Å²) in [5.74, 6) is 0.226. The molecule has 19 heavy (non-hydrogen) atoms. The number of carbonyl (C=O) groups is 1. The van der Waals surface area contributed by atoms with Crippen molar-refractivity contribution in [2.75, 3.05) is 29.4 Å². The summed E-state index contributed by atoms with van der Waals surface area (Å²) in [4.78, 5) is 17.0. The first-order valence-electron chi connectivity index (χ1n) is 7.01. The number of nitrogens with one attached hydrogen (secondary N) is 1. The Labute approximate surface area is 114 Å². The molecular formula is C15H21N3O. The predicted octanol–water partition coefficient (Wildman–Crippen LogP) is 1.53. The molecule has 2 aliphatic rings. The molecule has 0 radical (unpaired) electrons. The maximum absolute atomic E-state index is 12.8. The van der Waals surface area contributed by atoms with Gasteiger partial charge < -0.3 is 15.1 Å². The highest BCUT2D eigenvalue weighted by atomic mass is 16.2. The first kappa shape index (κ1) is 12.5. The molecule has 0 aliphatic carbocycles. The van der Waals surface area contributed by atoms with E-state index in [1.807, 2.05) is 4.90 Å². The lowest BCUT2D eigenvalue weighted by atomic mass is 9.99. The molecule has 1 saturated heterocycles. The van der Waals surface area contributed by atoms with Crippen LogP contribution in [-0.4, -0.2) is 37.6 Å². The lowest BCUT2D eigenvalue weighted by Gasteiger charge is -2.47. The fourth-order valence-electron chi connectivity index (χ4n) is 3.19. The van der Waals surface area contributed by atoms with Crippen molar-refractivity contribution in [3.8, 4) is 0 Å². The van der Waals surface area contributed by atoms with Gasteiger partial charge in [0.1, 0.15) is 6.04 Å². The Balaban J connectivity index is 2.17. The lowest BCUT2D eigenvalue weighted by Crippen LogP contribution is -2.63. The highest BCUT2D eigenvalue weighted by Gasteiger charge is 2.40. The zero-order chi connectivity index (χ0) is 13.6. The highest BCUT2D eigenvalue weighted by molar-refractivity contribution is 6.07. The molecule has 1 N–H and O–H groups in total. The second-order valence-corrected chi connectivity index (χ2v) is 5.66. The van der Waals surface area contributed by atoms with Crippen LogP contribution in [0, 0.1) is 6.92 Å². The third kappa shape index (κ3) is 1.82. The molecule has 2 aliphatic heterocycles. The number of hydrogen-bond donors (Lipinski definition) is 1. The standard InChI is InChI=1S/C15H21N3O/c1-10(2)18-14-11(3)5-4-6-12(14)17-8-7-16-9-13(17)15(18)19/h4-6,10,13,16H,7-9H2,1-3H3. The number of benzene rings is 1. The molecule has 1 aromatic rings. The molecule has 1 amide bonds. The Bertz CT molecular complexity index is 512. The minimum atomic E-state index is -0.0505. The summed E-state index contributed by atoms with van der Waals surface area (Å²) < 4.78 is 0. The monoisotopic (exact) mass is 259 g/mol. The van der Waals surface area contributed by atoms with Gasteiger partial charge in [-0.2, -0.15) is 0 Å². The number of anilines is 2. The maximum atomic E-state index is 12.8. The first-order valence-corrected chi connectivity index (χ1v) is 7.01. The molecule has 0 aromatic heterocycles. The zero-order valence-electron chi connectivity index (χ0n) is 11.8. The van der Waals surface area contributed by atoms with Crippen LogP contribution in [0.4, 0.5) is 11.4 Å². The Hall–Kier alpha value is -1.55. The van der Waals surface area contributed by atoms with Crippen molar-refractivity contribution in [2.45, 2.75) is 32.9 Å². The molecule has 0 spiro atoms. The fraction of sp³-hybridized carbons (Fsp3) is 0.533. The van der Waals surface area contributed by atoms with Crippen molar-refractivity contribution < 1.29 is 4.79 Å². The lowest BCUT2D eigenvalue weighted by molar-refractivity contribution is -0.120. The normalized spacial score (nSPS) is 22.5. The van der Waals surface area contributed by atoms with Crippen molar-refractivity contribution >= 4 is 17.3 Å². The molecule has 0 saturated carbocycles. The molecular weight excluding hydrogens is 238 g/mol. The minimum absolute atomic E-state index is 0.0505. The van der Waals surface area contributed by atoms with Gasteiger partial charge in [0.25, 0.3) is 5.91 Å². The van der Waals surface area contributed by atoms with Crippen molar-refractivity contribution in [3.05, 3.63) is 23.8 Å². The average molecular weight is 259 g/mol. The van der Waals surface area contributed by atoms with E-state index in [4.69, 9.17) is 0 Å². The molecule has 2 heterocycles. The molecule has 0 bridgehead atoms. The molecule has 4 nitrogen and oxygen atoms in total. The summed E-state index contributed by atoms with van der Waals surface area (Å²) in [7, 11) is 0. The van der Waals surface area contributed by atoms with Crippen LogP contribution >= 0.6 is 0 Å². The summed E-state index contributed by atoms with van der Waals surface area (Å²) in [6.07, 6.45) is 0.